The second-order valence-corrected chi connectivity index (χ2v) is 9.80. The minimum absolute atomic E-state index is 0.0920. The molecule has 0 fully saturated rings. The highest BCUT2D eigenvalue weighted by atomic mass is 35.5. The molecule has 0 saturated heterocycles. The number of aromatic nitrogens is 1. The quantitative estimate of drug-likeness (QED) is 0.247. The Morgan fingerprint density at radius 1 is 0.947 bits per heavy atom. The van der Waals surface area contributed by atoms with Crippen LogP contribution in [0.15, 0.2) is 42.5 Å². The number of nitrogens with zero attached hydrogens (tertiary/aromatic N) is 3. The van der Waals surface area contributed by atoms with E-state index in [-0.39, 0.29) is 17.7 Å². The summed E-state index contributed by atoms with van der Waals surface area (Å²) < 4.78 is 7.11. The van der Waals surface area contributed by atoms with Crippen molar-refractivity contribution >= 4 is 45.9 Å². The summed E-state index contributed by atoms with van der Waals surface area (Å²) in [5.74, 6) is 0.562. The van der Waals surface area contributed by atoms with Crippen LogP contribution >= 0.6 is 11.6 Å². The first-order valence-corrected chi connectivity index (χ1v) is 13.7. The van der Waals surface area contributed by atoms with Crippen molar-refractivity contribution in [3.05, 3.63) is 58.7 Å². The van der Waals surface area contributed by atoms with E-state index < -0.39 is 0 Å². The van der Waals surface area contributed by atoms with Gasteiger partial charge in [0.1, 0.15) is 5.75 Å². The number of methoxy groups -OCH3 is 1. The molecule has 0 aliphatic heterocycles. The van der Waals surface area contributed by atoms with E-state index in [9.17, 15) is 14.4 Å². The molecule has 2 amide bonds. The van der Waals surface area contributed by atoms with Gasteiger partial charge in [-0.3, -0.25) is 19.0 Å². The van der Waals surface area contributed by atoms with Gasteiger partial charge in [0.25, 0.3) is 5.91 Å². The molecule has 1 heterocycles. The Morgan fingerprint density at radius 2 is 1.61 bits per heavy atom. The second-order valence-electron chi connectivity index (χ2n) is 9.37. The fourth-order valence-electron chi connectivity index (χ4n) is 4.89. The molecular weight excluding hydrogens is 502 g/mol. The van der Waals surface area contributed by atoms with E-state index in [2.05, 4.69) is 0 Å². The molecule has 38 heavy (non-hydrogen) atoms. The average Bonchev–Trinajstić information content (AvgIpc) is 3.19. The highest BCUT2D eigenvalue weighted by Gasteiger charge is 2.25. The zero-order valence-electron chi connectivity index (χ0n) is 23.1. The van der Waals surface area contributed by atoms with Gasteiger partial charge in [-0.25, -0.2) is 0 Å². The smallest absolute Gasteiger partial charge is 0.262 e. The zero-order valence-corrected chi connectivity index (χ0v) is 23.8. The second kappa shape index (κ2) is 13.5. The number of ether oxygens (including phenoxy) is 1. The molecule has 1 aromatic heterocycles. The lowest BCUT2D eigenvalue weighted by Gasteiger charge is -2.22. The molecule has 204 valence electrons. The monoisotopic (exact) mass is 539 g/mol. The fourth-order valence-corrected chi connectivity index (χ4v) is 5.02. The molecule has 0 saturated carbocycles. The number of amides is 2. The third-order valence-corrected chi connectivity index (χ3v) is 7.21. The number of rotatable bonds is 12. The molecule has 0 unspecified atom stereocenters. The van der Waals surface area contributed by atoms with E-state index >= 15 is 0 Å². The number of benzene rings is 2. The SMILES string of the molecule is CCN(CC)C(=O)CCCCCCN(C(C)=O)c1c(C)n(C(=O)c2ccc(Cl)cc2)c2ccc(OC)cc12. The Labute approximate surface area is 230 Å². The Balaban J connectivity index is 1.84. The van der Waals surface area contributed by atoms with Crippen molar-refractivity contribution in [3.63, 3.8) is 0 Å². The van der Waals surface area contributed by atoms with Crippen molar-refractivity contribution in [2.75, 3.05) is 31.6 Å². The summed E-state index contributed by atoms with van der Waals surface area (Å²) >= 11 is 6.03. The van der Waals surface area contributed by atoms with Crippen LogP contribution in [0.3, 0.4) is 0 Å². The van der Waals surface area contributed by atoms with Gasteiger partial charge in [0.2, 0.25) is 11.8 Å². The molecule has 0 N–H and O–H groups in total. The van der Waals surface area contributed by atoms with Gasteiger partial charge in [-0.05, 0) is 76.1 Å². The maximum Gasteiger partial charge on any atom is 0.262 e. The Bertz CT molecular complexity index is 1280. The van der Waals surface area contributed by atoms with Gasteiger partial charge < -0.3 is 14.5 Å². The summed E-state index contributed by atoms with van der Waals surface area (Å²) in [4.78, 5) is 42.3. The first-order chi connectivity index (χ1) is 18.2. The maximum atomic E-state index is 13.6. The van der Waals surface area contributed by atoms with Crippen LogP contribution in [0.2, 0.25) is 5.02 Å². The minimum Gasteiger partial charge on any atom is -0.497 e. The zero-order chi connectivity index (χ0) is 27.8. The van der Waals surface area contributed by atoms with Crippen LogP contribution in [0.5, 0.6) is 5.75 Å². The van der Waals surface area contributed by atoms with Crippen LogP contribution in [0, 0.1) is 6.92 Å². The standard InChI is InChI=1S/C30H38ClN3O4/c1-6-32(7-2)28(36)12-10-8-9-11-19-33(22(4)35)29-21(3)34(27-18-17-25(38-5)20-26(27)29)30(37)23-13-15-24(31)16-14-23/h13-18,20H,6-12,19H2,1-5H3. The molecule has 0 bridgehead atoms. The predicted molar refractivity (Wildman–Crippen MR) is 153 cm³/mol. The van der Waals surface area contributed by atoms with Crippen molar-refractivity contribution in [2.24, 2.45) is 0 Å². The lowest BCUT2D eigenvalue weighted by atomic mass is 10.1. The summed E-state index contributed by atoms with van der Waals surface area (Å²) in [7, 11) is 1.59. The van der Waals surface area contributed by atoms with Gasteiger partial charge in [0.05, 0.1) is 18.3 Å². The molecule has 3 rings (SSSR count). The van der Waals surface area contributed by atoms with Crippen LogP contribution in [-0.2, 0) is 9.59 Å². The van der Waals surface area contributed by atoms with Gasteiger partial charge in [-0.15, -0.1) is 0 Å². The molecule has 0 aliphatic rings. The van der Waals surface area contributed by atoms with E-state index in [0.29, 0.717) is 46.2 Å². The van der Waals surface area contributed by atoms with Gasteiger partial charge in [-0.2, -0.15) is 0 Å². The number of hydrogen-bond acceptors (Lipinski definition) is 4. The van der Waals surface area contributed by atoms with Crippen LogP contribution in [0.25, 0.3) is 10.9 Å². The summed E-state index contributed by atoms with van der Waals surface area (Å²) in [6, 6.07) is 12.3. The Kier molecular flexibility index (Phi) is 10.4. The van der Waals surface area contributed by atoms with Crippen molar-refractivity contribution in [2.45, 2.75) is 59.8 Å². The Hall–Kier alpha value is -3.32. The molecule has 8 heteroatoms. The average molecular weight is 540 g/mol. The highest BCUT2D eigenvalue weighted by Crippen LogP contribution is 2.37. The number of halogens is 1. The van der Waals surface area contributed by atoms with Crippen molar-refractivity contribution < 1.29 is 19.1 Å². The predicted octanol–water partition coefficient (Wildman–Crippen LogP) is 6.47. The first kappa shape index (κ1) is 29.2. The molecule has 0 radical (unpaired) electrons. The first-order valence-electron chi connectivity index (χ1n) is 13.3. The molecule has 2 aromatic carbocycles. The van der Waals surface area contributed by atoms with E-state index in [1.54, 1.807) is 47.8 Å². The molecule has 0 aliphatic carbocycles. The summed E-state index contributed by atoms with van der Waals surface area (Å²) in [5.41, 5.74) is 2.61. The molecule has 0 spiro atoms. The van der Waals surface area contributed by atoms with E-state index in [0.717, 1.165) is 44.2 Å². The van der Waals surface area contributed by atoms with Crippen LogP contribution < -0.4 is 9.64 Å². The number of anilines is 1. The lowest BCUT2D eigenvalue weighted by Crippen LogP contribution is -2.30. The van der Waals surface area contributed by atoms with Gasteiger partial charge >= 0.3 is 0 Å². The van der Waals surface area contributed by atoms with Crippen LogP contribution in [0.4, 0.5) is 5.69 Å². The topological polar surface area (TPSA) is 71.9 Å². The van der Waals surface area contributed by atoms with Gasteiger partial charge in [0, 0.05) is 54.6 Å². The fraction of sp³-hybridized carbons (Fsp3) is 0.433. The van der Waals surface area contributed by atoms with E-state index in [1.165, 1.54) is 0 Å². The van der Waals surface area contributed by atoms with Crippen molar-refractivity contribution in [3.8, 4) is 5.75 Å². The van der Waals surface area contributed by atoms with Gasteiger partial charge in [-0.1, -0.05) is 24.4 Å². The molecule has 7 nitrogen and oxygen atoms in total. The van der Waals surface area contributed by atoms with Gasteiger partial charge in [0.15, 0.2) is 0 Å². The number of carbonyl (C=O) groups is 3. The number of hydrogen-bond donors (Lipinski definition) is 0. The Morgan fingerprint density at radius 3 is 2.21 bits per heavy atom. The van der Waals surface area contributed by atoms with Crippen LogP contribution in [-0.4, -0.2) is 53.9 Å². The number of fused-ring (bicyclic) bond motifs is 1. The molecule has 3 aromatic rings. The minimum atomic E-state index is -0.193. The normalized spacial score (nSPS) is 11.0. The maximum absolute atomic E-state index is 13.6. The van der Waals surface area contributed by atoms with E-state index in [1.807, 2.05) is 43.9 Å². The summed E-state index contributed by atoms with van der Waals surface area (Å²) in [6.07, 6.45) is 4.00. The summed E-state index contributed by atoms with van der Waals surface area (Å²) in [6.45, 7) is 9.40. The van der Waals surface area contributed by atoms with Crippen molar-refractivity contribution in [1.82, 2.24) is 9.47 Å². The molecule has 0 atom stereocenters. The largest absolute Gasteiger partial charge is 0.497 e. The van der Waals surface area contributed by atoms with Crippen molar-refractivity contribution in [1.29, 1.82) is 0 Å². The third kappa shape index (κ3) is 6.57. The molecular formula is C30H38ClN3O4. The van der Waals surface area contributed by atoms with E-state index in [4.69, 9.17) is 16.3 Å². The van der Waals surface area contributed by atoms with Crippen LogP contribution in [0.1, 0.15) is 68.9 Å². The summed E-state index contributed by atoms with van der Waals surface area (Å²) in [5, 5.41) is 1.34. The highest BCUT2D eigenvalue weighted by molar-refractivity contribution is 6.30. The lowest BCUT2D eigenvalue weighted by molar-refractivity contribution is -0.130. The third-order valence-electron chi connectivity index (χ3n) is 6.96. The number of carbonyl (C=O) groups excluding carboxylic acids is 3. The number of unbranched alkanes of at least 4 members (excludes halogenated alkanes) is 3.